The van der Waals surface area contributed by atoms with Crippen molar-refractivity contribution in [3.05, 3.63) is 0 Å². The summed E-state index contributed by atoms with van der Waals surface area (Å²) in [6.07, 6.45) is 0. The first-order valence-corrected chi connectivity index (χ1v) is 2.67. The maximum atomic E-state index is 8.80. The van der Waals surface area contributed by atoms with Crippen LogP contribution >= 0.6 is 12.4 Å². The fourth-order valence-electron chi connectivity index (χ4n) is 0. The Morgan fingerprint density at radius 3 is 1.14 bits per heavy atom. The molecule has 7 heavy (non-hydrogen) atoms. The number of hydrogen-bond acceptors (Lipinski definition) is 2. The van der Waals surface area contributed by atoms with Crippen LogP contribution in [0.5, 0.6) is 0 Å². The van der Waals surface area contributed by atoms with Gasteiger partial charge in [-0.15, -0.1) is 12.4 Å². The molecule has 0 spiro atoms. The van der Waals surface area contributed by atoms with Gasteiger partial charge in [0.1, 0.15) is 0 Å². The van der Waals surface area contributed by atoms with Crippen LogP contribution in [0.25, 0.3) is 0 Å². The third-order valence-corrected chi connectivity index (χ3v) is 0. The quantitative estimate of drug-likeness (QED) is 0.520. The largest absolute Gasteiger partial charge is 0 e. The van der Waals surface area contributed by atoms with Gasteiger partial charge in [-0.2, -0.15) is 0 Å². The van der Waals surface area contributed by atoms with Crippen molar-refractivity contribution < 1.29 is 48.9 Å². The Hall–Kier alpha value is 0.953. The molecule has 0 fully saturated rings. The summed E-state index contributed by atoms with van der Waals surface area (Å²) < 4.78 is 31.8. The molecule has 0 aliphatic carbocycles. The monoisotopic (exact) mass is 221 g/mol. The number of rotatable bonds is 0. The second-order valence-corrected chi connectivity index (χ2v) is 1.71. The van der Waals surface area contributed by atoms with Crippen LogP contribution in [0.2, 0.25) is 0 Å². The average molecular weight is 223 g/mol. The Morgan fingerprint density at radius 2 is 1.14 bits per heavy atom. The Balaban J connectivity index is -0.0000000800. The normalized spacial score (nSPS) is 8.29. The van der Waals surface area contributed by atoms with Crippen LogP contribution in [-0.4, -0.2) is 8.38 Å². The molecule has 4 nitrogen and oxygen atoms in total. The Morgan fingerprint density at radius 1 is 1.14 bits per heavy atom. The summed E-state index contributed by atoms with van der Waals surface area (Å²) in [4.78, 5) is 0. The first-order valence-electron chi connectivity index (χ1n) is 0.647. The van der Waals surface area contributed by atoms with E-state index >= 15 is 0 Å². The van der Waals surface area contributed by atoms with Crippen LogP contribution in [0.1, 0.15) is 0 Å². The molecule has 0 aromatic rings. The topological polar surface area (TPSA) is 74.6 Å². The van der Waals surface area contributed by atoms with Gasteiger partial charge >= 0.3 is 29.4 Å². The predicted molar refractivity (Wildman–Crippen MR) is 13.1 cm³/mol. The number of hydrogen-bond donors (Lipinski definition) is 2. The molecular weight excluding hydrogens is 220 g/mol. The smallest absolute Gasteiger partial charge is 0 e. The molecule has 0 heterocycles. The minimum atomic E-state index is -5.12. The van der Waals surface area contributed by atoms with Gasteiger partial charge in [-0.25, -0.2) is 0 Å². The molecule has 7 heteroatoms. The van der Waals surface area contributed by atoms with Crippen molar-refractivity contribution in [1.82, 2.24) is 0 Å². The van der Waals surface area contributed by atoms with E-state index in [1.807, 2.05) is 0 Å². The SMILES string of the molecule is Cl.[O]=[Mn](=[O])([OH])[OH].[Zn]. The van der Waals surface area contributed by atoms with Gasteiger partial charge in [-0.3, -0.25) is 0 Å². The van der Waals surface area contributed by atoms with E-state index in [1.54, 1.807) is 0 Å². The summed E-state index contributed by atoms with van der Waals surface area (Å²) in [5, 5.41) is 0. The van der Waals surface area contributed by atoms with Gasteiger partial charge < -0.3 is 0 Å². The van der Waals surface area contributed by atoms with Gasteiger partial charge in [0, 0.05) is 19.5 Å². The molecule has 43 valence electrons. The maximum absolute atomic E-state index is 8.80. The molecule has 0 unspecified atom stereocenters. The van der Waals surface area contributed by atoms with E-state index in [1.165, 1.54) is 0 Å². The zero-order valence-corrected chi connectivity index (χ0v) is 8.17. The van der Waals surface area contributed by atoms with E-state index in [-0.39, 0.29) is 31.9 Å². The third kappa shape index (κ3) is 188. The van der Waals surface area contributed by atoms with Crippen molar-refractivity contribution in [2.24, 2.45) is 0 Å². The van der Waals surface area contributed by atoms with E-state index in [0.29, 0.717) is 0 Å². The molecule has 2 N–H and O–H groups in total. The molecule has 0 saturated heterocycles. The third-order valence-electron chi connectivity index (χ3n) is 0. The van der Waals surface area contributed by atoms with E-state index in [0.717, 1.165) is 0 Å². The van der Waals surface area contributed by atoms with Crippen LogP contribution in [0.3, 0.4) is 0 Å². The fourth-order valence-corrected chi connectivity index (χ4v) is 0. The standard InChI is InChI=1S/ClH.Mn.2H2O.2O.Zn/h1H;;2*1H2;;;/q;+2;;;;;/p-2. The second kappa shape index (κ2) is 5.10. The summed E-state index contributed by atoms with van der Waals surface area (Å²) in [6, 6.07) is 0. The number of halogens is 1. The Kier molecular flexibility index (Phi) is 11.4. The van der Waals surface area contributed by atoms with Crippen molar-refractivity contribution in [1.29, 1.82) is 0 Å². The summed E-state index contributed by atoms with van der Waals surface area (Å²) >= 11 is -5.12. The summed E-state index contributed by atoms with van der Waals surface area (Å²) in [6.45, 7) is 0. The summed E-state index contributed by atoms with van der Waals surface area (Å²) in [5.74, 6) is 0. The molecule has 0 saturated carbocycles. The fraction of sp³-hybridized carbons (Fsp3) is 0. The molecule has 0 aromatic carbocycles. The van der Waals surface area contributed by atoms with Crippen molar-refractivity contribution in [2.45, 2.75) is 0 Å². The molecule has 0 aliphatic rings. The average Bonchev–Trinajstić information content (AvgIpc) is 0.722. The van der Waals surface area contributed by atoms with Gasteiger partial charge in [0.25, 0.3) is 0 Å². The van der Waals surface area contributed by atoms with Gasteiger partial charge in [0.05, 0.1) is 0 Å². The minimum absolute atomic E-state index is 0. The van der Waals surface area contributed by atoms with E-state index in [9.17, 15) is 0 Å². The molecule has 0 rings (SSSR count). The van der Waals surface area contributed by atoms with Crippen LogP contribution < -0.4 is 0 Å². The van der Waals surface area contributed by atoms with Crippen LogP contribution in [0.15, 0.2) is 0 Å². The predicted octanol–water partition coefficient (Wildman–Crippen LogP) is -0.935. The van der Waals surface area contributed by atoms with E-state index < -0.39 is 13.4 Å². The van der Waals surface area contributed by atoms with E-state index in [4.69, 9.17) is 16.0 Å². The van der Waals surface area contributed by atoms with Crippen molar-refractivity contribution in [3.63, 3.8) is 0 Å². The van der Waals surface area contributed by atoms with Crippen LogP contribution in [0, 0.1) is 0 Å². The molecule has 0 atom stereocenters. The van der Waals surface area contributed by atoms with Crippen molar-refractivity contribution in [2.75, 3.05) is 0 Å². The van der Waals surface area contributed by atoms with Gasteiger partial charge in [-0.05, 0) is 0 Å². The van der Waals surface area contributed by atoms with Gasteiger partial charge in [0.2, 0.25) is 0 Å². The first kappa shape index (κ1) is 15.7. The maximum Gasteiger partial charge on any atom is 0 e. The van der Waals surface area contributed by atoms with E-state index in [2.05, 4.69) is 0 Å². The second-order valence-electron chi connectivity index (χ2n) is 0.415. The Bertz CT molecular complexity index is 94.9. The van der Waals surface area contributed by atoms with Gasteiger partial charge in [0.15, 0.2) is 0 Å². The molecular formula is H3ClMnO4Zn. The molecule has 0 radical (unpaired) electrons. The van der Waals surface area contributed by atoms with Gasteiger partial charge in [-0.1, -0.05) is 0 Å². The molecule has 0 bridgehead atoms. The summed E-state index contributed by atoms with van der Waals surface area (Å²) in [5.41, 5.74) is 0. The summed E-state index contributed by atoms with van der Waals surface area (Å²) in [7, 11) is 0. The minimum Gasteiger partial charge on any atom is 0 e. The Labute approximate surface area is 61.4 Å². The van der Waals surface area contributed by atoms with Crippen molar-refractivity contribution in [3.8, 4) is 0 Å². The molecule has 0 amide bonds. The molecule has 0 aromatic heterocycles. The van der Waals surface area contributed by atoms with Crippen molar-refractivity contribution >= 4 is 12.4 Å². The molecule has 0 aliphatic heterocycles. The zero-order valence-electron chi connectivity index (χ0n) is 3.20. The van der Waals surface area contributed by atoms with Crippen LogP contribution in [-0.2, 0) is 40.5 Å². The van der Waals surface area contributed by atoms with Crippen LogP contribution in [0.4, 0.5) is 0 Å². The zero-order chi connectivity index (χ0) is 4.50. The first-order chi connectivity index (χ1) is 2.00.